The first-order valence-electron chi connectivity index (χ1n) is 7.45. The third-order valence-corrected chi connectivity index (χ3v) is 2.79. The Morgan fingerprint density at radius 1 is 0.960 bits per heavy atom. The van der Waals surface area contributed by atoms with E-state index in [-0.39, 0.29) is 12.5 Å². The van der Waals surface area contributed by atoms with Gasteiger partial charge in [0.2, 0.25) is 0 Å². The molecule has 0 aliphatic rings. The summed E-state index contributed by atoms with van der Waals surface area (Å²) in [5.41, 5.74) is 16.0. The SMILES string of the molecule is CC(C)C(N)C(=O)O.NC(Cc1ccccc1)C(=O)O.NCC(=O)O. The maximum absolute atomic E-state index is 10.4. The van der Waals surface area contributed by atoms with E-state index in [0.717, 1.165) is 5.56 Å². The predicted octanol–water partition coefficient (Wildman–Crippen LogP) is -0.275. The quantitative estimate of drug-likeness (QED) is 0.397. The molecule has 1 rings (SSSR count). The van der Waals surface area contributed by atoms with E-state index in [1.54, 1.807) is 13.8 Å². The van der Waals surface area contributed by atoms with Gasteiger partial charge in [0.05, 0.1) is 6.54 Å². The highest BCUT2D eigenvalue weighted by atomic mass is 16.4. The molecule has 9 N–H and O–H groups in total. The smallest absolute Gasteiger partial charge is 0.320 e. The lowest BCUT2D eigenvalue weighted by Crippen LogP contribution is -2.34. The normalized spacial score (nSPS) is 11.9. The zero-order valence-corrected chi connectivity index (χ0v) is 14.3. The minimum Gasteiger partial charge on any atom is -0.480 e. The van der Waals surface area contributed by atoms with Gasteiger partial charge in [0.25, 0.3) is 0 Å². The van der Waals surface area contributed by atoms with E-state index < -0.39 is 30.0 Å². The van der Waals surface area contributed by atoms with Crippen molar-refractivity contribution in [3.8, 4) is 0 Å². The topological polar surface area (TPSA) is 190 Å². The Kier molecular flexibility index (Phi) is 13.8. The van der Waals surface area contributed by atoms with Crippen molar-refractivity contribution in [3.05, 3.63) is 35.9 Å². The predicted molar refractivity (Wildman–Crippen MR) is 92.9 cm³/mol. The van der Waals surface area contributed by atoms with E-state index >= 15 is 0 Å². The van der Waals surface area contributed by atoms with Crippen molar-refractivity contribution in [2.24, 2.45) is 23.1 Å². The second kappa shape index (κ2) is 13.9. The molecule has 0 amide bonds. The summed E-state index contributed by atoms with van der Waals surface area (Å²) in [5.74, 6) is -2.84. The molecular formula is C16H27N3O6. The summed E-state index contributed by atoms with van der Waals surface area (Å²) < 4.78 is 0. The molecule has 0 aliphatic heterocycles. The molecule has 0 saturated heterocycles. The molecule has 0 saturated carbocycles. The largest absolute Gasteiger partial charge is 0.480 e. The average molecular weight is 357 g/mol. The zero-order chi connectivity index (χ0) is 20.0. The molecule has 0 aromatic heterocycles. The summed E-state index contributed by atoms with van der Waals surface area (Å²) >= 11 is 0. The molecule has 0 spiro atoms. The van der Waals surface area contributed by atoms with E-state index in [4.69, 9.17) is 26.8 Å². The van der Waals surface area contributed by atoms with Crippen LogP contribution in [-0.2, 0) is 20.8 Å². The van der Waals surface area contributed by atoms with E-state index in [2.05, 4.69) is 5.73 Å². The maximum atomic E-state index is 10.4. The lowest BCUT2D eigenvalue weighted by Gasteiger charge is -2.07. The van der Waals surface area contributed by atoms with Gasteiger partial charge >= 0.3 is 17.9 Å². The number of nitrogens with two attached hydrogens (primary N) is 3. The Bertz CT molecular complexity index is 522. The van der Waals surface area contributed by atoms with Gasteiger partial charge in [0, 0.05) is 0 Å². The highest BCUT2D eigenvalue weighted by Gasteiger charge is 2.14. The molecule has 0 fully saturated rings. The number of carboxylic acid groups (broad SMARTS) is 3. The number of hydrogen-bond acceptors (Lipinski definition) is 6. The zero-order valence-electron chi connectivity index (χ0n) is 14.3. The van der Waals surface area contributed by atoms with Gasteiger partial charge in [-0.1, -0.05) is 44.2 Å². The molecule has 0 radical (unpaired) electrons. The van der Waals surface area contributed by atoms with Crippen LogP contribution in [0, 0.1) is 5.92 Å². The van der Waals surface area contributed by atoms with Crippen molar-refractivity contribution in [3.63, 3.8) is 0 Å². The van der Waals surface area contributed by atoms with E-state index in [0.29, 0.717) is 6.42 Å². The van der Waals surface area contributed by atoms with Crippen molar-refractivity contribution >= 4 is 17.9 Å². The number of aliphatic carboxylic acids is 3. The van der Waals surface area contributed by atoms with Crippen LogP contribution in [0.1, 0.15) is 19.4 Å². The summed E-state index contributed by atoms with van der Waals surface area (Å²) in [6.07, 6.45) is 0.385. The minimum absolute atomic E-state index is 0.0208. The van der Waals surface area contributed by atoms with Gasteiger partial charge in [-0.3, -0.25) is 14.4 Å². The fraction of sp³-hybridized carbons (Fsp3) is 0.438. The lowest BCUT2D eigenvalue weighted by molar-refractivity contribution is -0.140. The summed E-state index contributed by atoms with van der Waals surface area (Å²) in [4.78, 5) is 29.6. The first-order valence-corrected chi connectivity index (χ1v) is 7.45. The van der Waals surface area contributed by atoms with Crippen LogP contribution in [0.2, 0.25) is 0 Å². The third-order valence-electron chi connectivity index (χ3n) is 2.79. The van der Waals surface area contributed by atoms with E-state index in [9.17, 15) is 14.4 Å². The van der Waals surface area contributed by atoms with Gasteiger partial charge in [-0.15, -0.1) is 0 Å². The van der Waals surface area contributed by atoms with Gasteiger partial charge in [0.1, 0.15) is 12.1 Å². The first-order chi connectivity index (χ1) is 11.5. The van der Waals surface area contributed by atoms with Gasteiger partial charge in [-0.2, -0.15) is 0 Å². The van der Waals surface area contributed by atoms with Crippen molar-refractivity contribution in [2.45, 2.75) is 32.4 Å². The molecule has 9 heteroatoms. The highest BCUT2D eigenvalue weighted by molar-refractivity contribution is 5.73. The highest BCUT2D eigenvalue weighted by Crippen LogP contribution is 2.01. The Labute approximate surface area is 146 Å². The molecule has 0 bridgehead atoms. The Morgan fingerprint density at radius 2 is 1.40 bits per heavy atom. The van der Waals surface area contributed by atoms with Crippen molar-refractivity contribution in [1.29, 1.82) is 0 Å². The van der Waals surface area contributed by atoms with Crippen LogP contribution in [0.15, 0.2) is 30.3 Å². The second-order valence-electron chi connectivity index (χ2n) is 5.34. The number of carboxylic acids is 3. The molecule has 1 aromatic carbocycles. The Balaban J connectivity index is 0. The van der Waals surface area contributed by atoms with E-state index in [1.807, 2.05) is 30.3 Å². The van der Waals surface area contributed by atoms with Crippen LogP contribution < -0.4 is 17.2 Å². The molecule has 9 nitrogen and oxygen atoms in total. The van der Waals surface area contributed by atoms with Crippen LogP contribution >= 0.6 is 0 Å². The molecule has 0 aliphatic carbocycles. The Hall–Kier alpha value is -2.49. The van der Waals surface area contributed by atoms with Crippen LogP contribution in [0.5, 0.6) is 0 Å². The van der Waals surface area contributed by atoms with Crippen molar-refractivity contribution < 1.29 is 29.7 Å². The molecule has 2 atom stereocenters. The molecule has 1 aromatic rings. The number of rotatable bonds is 6. The Morgan fingerprint density at radius 3 is 1.64 bits per heavy atom. The van der Waals surface area contributed by atoms with Crippen molar-refractivity contribution in [1.82, 2.24) is 0 Å². The van der Waals surface area contributed by atoms with Gasteiger partial charge in [-0.05, 0) is 17.9 Å². The van der Waals surface area contributed by atoms with Crippen molar-refractivity contribution in [2.75, 3.05) is 6.54 Å². The summed E-state index contributed by atoms with van der Waals surface area (Å²) in [6.45, 7) is 3.28. The molecular weight excluding hydrogens is 330 g/mol. The molecule has 25 heavy (non-hydrogen) atoms. The molecule has 142 valence electrons. The lowest BCUT2D eigenvalue weighted by atomic mass is 10.1. The standard InChI is InChI=1S/C9H11NO2.C5H11NO2.C2H5NO2/c10-8(9(11)12)6-7-4-2-1-3-5-7;1-3(2)4(6)5(7)8;3-1-2(4)5/h1-5,8H,6,10H2,(H,11,12);3-4H,6H2,1-2H3,(H,7,8);1,3H2,(H,4,5). The fourth-order valence-electron chi connectivity index (χ4n) is 1.24. The number of carbonyl (C=O) groups is 3. The first kappa shape index (κ1) is 24.8. The van der Waals surface area contributed by atoms with Gasteiger partial charge < -0.3 is 32.5 Å². The van der Waals surface area contributed by atoms with Crippen LogP contribution in [0.3, 0.4) is 0 Å². The summed E-state index contributed by atoms with van der Waals surface area (Å²) in [7, 11) is 0. The second-order valence-corrected chi connectivity index (χ2v) is 5.34. The summed E-state index contributed by atoms with van der Waals surface area (Å²) in [6, 6.07) is 7.83. The van der Waals surface area contributed by atoms with Crippen LogP contribution in [0.4, 0.5) is 0 Å². The third kappa shape index (κ3) is 14.8. The fourth-order valence-corrected chi connectivity index (χ4v) is 1.24. The van der Waals surface area contributed by atoms with E-state index in [1.165, 1.54) is 0 Å². The monoisotopic (exact) mass is 357 g/mol. The molecule has 2 unspecified atom stereocenters. The minimum atomic E-state index is -0.968. The molecule has 0 heterocycles. The number of hydrogen-bond donors (Lipinski definition) is 6. The maximum Gasteiger partial charge on any atom is 0.320 e. The summed E-state index contributed by atoms with van der Waals surface area (Å²) in [5, 5.41) is 24.3. The number of benzene rings is 1. The average Bonchev–Trinajstić information content (AvgIpc) is 2.55. The van der Waals surface area contributed by atoms with Crippen LogP contribution in [-0.4, -0.2) is 51.9 Å². The van der Waals surface area contributed by atoms with Crippen LogP contribution in [0.25, 0.3) is 0 Å². The van der Waals surface area contributed by atoms with Gasteiger partial charge in [0.15, 0.2) is 0 Å². The van der Waals surface area contributed by atoms with Gasteiger partial charge in [-0.25, -0.2) is 0 Å².